The van der Waals surface area contributed by atoms with Crippen LogP contribution in [0.2, 0.25) is 0 Å². The minimum absolute atomic E-state index is 0.255. The molecule has 0 heterocycles. The maximum absolute atomic E-state index is 13.3. The highest BCUT2D eigenvalue weighted by Crippen LogP contribution is 2.61. The lowest BCUT2D eigenvalue weighted by Crippen LogP contribution is -2.57. The number of ether oxygens (including phenoxy) is 1. The Morgan fingerprint density at radius 1 is 1.23 bits per heavy atom. The third kappa shape index (κ3) is 2.66. The first-order valence-corrected chi connectivity index (χ1v) is 8.76. The molecule has 3 unspecified atom stereocenters. The molecule has 0 aromatic rings. The molecule has 128 valence electrons. The summed E-state index contributed by atoms with van der Waals surface area (Å²) in [5.41, 5.74) is -1.31. The lowest BCUT2D eigenvalue weighted by Gasteiger charge is -2.60. The molecular formula is C13H20F2O6S. The van der Waals surface area contributed by atoms with Gasteiger partial charge in [0.25, 0.3) is 0 Å². The van der Waals surface area contributed by atoms with Crippen molar-refractivity contribution in [3.05, 3.63) is 0 Å². The van der Waals surface area contributed by atoms with Crippen molar-refractivity contribution < 1.29 is 36.7 Å². The number of aliphatic hydroxyl groups excluding tert-OH is 1. The predicted molar refractivity (Wildman–Crippen MR) is 70.5 cm³/mol. The first-order valence-electron chi connectivity index (χ1n) is 7.32. The van der Waals surface area contributed by atoms with Crippen molar-refractivity contribution >= 4 is 10.1 Å². The molecule has 6 nitrogen and oxygen atoms in total. The molecule has 3 atom stereocenters. The number of halogens is 2. The third-order valence-electron chi connectivity index (χ3n) is 5.33. The van der Waals surface area contributed by atoms with E-state index in [-0.39, 0.29) is 6.61 Å². The SMILES string of the molecule is O=S(=O)(O)C(F)(F)C(O)OCC12CC3CC(CC(O)(C3)C1)C2. The van der Waals surface area contributed by atoms with E-state index in [1.165, 1.54) is 0 Å². The van der Waals surface area contributed by atoms with Gasteiger partial charge < -0.3 is 14.9 Å². The molecule has 4 bridgehead atoms. The van der Waals surface area contributed by atoms with Gasteiger partial charge >= 0.3 is 15.4 Å². The van der Waals surface area contributed by atoms with E-state index < -0.39 is 32.7 Å². The van der Waals surface area contributed by atoms with Gasteiger partial charge in [-0.3, -0.25) is 4.55 Å². The van der Waals surface area contributed by atoms with Gasteiger partial charge in [0, 0.05) is 0 Å². The van der Waals surface area contributed by atoms with Crippen LogP contribution in [0.3, 0.4) is 0 Å². The van der Waals surface area contributed by atoms with Gasteiger partial charge in [0.2, 0.25) is 6.29 Å². The summed E-state index contributed by atoms with van der Waals surface area (Å²) in [5.74, 6) is 0.628. The number of aliphatic hydroxyl groups is 2. The molecule has 4 aliphatic carbocycles. The van der Waals surface area contributed by atoms with Crippen LogP contribution < -0.4 is 0 Å². The summed E-state index contributed by atoms with van der Waals surface area (Å²) >= 11 is 0. The van der Waals surface area contributed by atoms with Gasteiger partial charge in [-0.1, -0.05) is 0 Å². The number of hydrogen-bond donors (Lipinski definition) is 3. The van der Waals surface area contributed by atoms with Crippen molar-refractivity contribution in [3.8, 4) is 0 Å². The Balaban J connectivity index is 1.69. The molecule has 0 radical (unpaired) electrons. The fourth-order valence-corrected chi connectivity index (χ4v) is 5.37. The van der Waals surface area contributed by atoms with Gasteiger partial charge in [-0.05, 0) is 55.8 Å². The first kappa shape index (κ1) is 16.5. The average molecular weight is 342 g/mol. The van der Waals surface area contributed by atoms with Crippen molar-refractivity contribution in [2.75, 3.05) is 6.61 Å². The van der Waals surface area contributed by atoms with E-state index in [2.05, 4.69) is 0 Å². The fourth-order valence-electron chi connectivity index (χ4n) is 5.05. The predicted octanol–water partition coefficient (Wildman–Crippen LogP) is 1.13. The van der Waals surface area contributed by atoms with Crippen molar-refractivity contribution in [2.45, 2.75) is 55.7 Å². The molecule has 0 amide bonds. The Kier molecular flexibility index (Phi) is 3.62. The quantitative estimate of drug-likeness (QED) is 0.511. The molecule has 4 fully saturated rings. The zero-order valence-corrected chi connectivity index (χ0v) is 12.7. The molecule has 4 rings (SSSR count). The van der Waals surface area contributed by atoms with E-state index in [0.717, 1.165) is 19.3 Å². The molecular weight excluding hydrogens is 322 g/mol. The molecule has 0 saturated heterocycles. The molecule has 0 aromatic heterocycles. The van der Waals surface area contributed by atoms with Gasteiger partial charge in [0.15, 0.2) is 0 Å². The van der Waals surface area contributed by atoms with E-state index >= 15 is 0 Å². The standard InChI is InChI=1S/C13H20F2O6S/c14-13(15,22(18,19)20)10(16)21-7-11-2-8-1-9(3-11)5-12(17,4-8)6-11/h8-10,16-17H,1-7H2,(H,18,19,20). The molecule has 4 saturated carbocycles. The Morgan fingerprint density at radius 2 is 1.77 bits per heavy atom. The average Bonchev–Trinajstić information content (AvgIpc) is 2.31. The molecule has 9 heteroatoms. The molecule has 22 heavy (non-hydrogen) atoms. The van der Waals surface area contributed by atoms with Gasteiger partial charge in [-0.2, -0.15) is 17.2 Å². The number of rotatable bonds is 5. The summed E-state index contributed by atoms with van der Waals surface area (Å²) < 4.78 is 61.0. The van der Waals surface area contributed by atoms with Gasteiger partial charge in [-0.25, -0.2) is 0 Å². The van der Waals surface area contributed by atoms with Crippen LogP contribution in [0.5, 0.6) is 0 Å². The van der Waals surface area contributed by atoms with Crippen LogP contribution >= 0.6 is 0 Å². The highest BCUT2D eigenvalue weighted by atomic mass is 32.2. The van der Waals surface area contributed by atoms with Crippen LogP contribution in [0.15, 0.2) is 0 Å². The minimum Gasteiger partial charge on any atom is -0.390 e. The molecule has 0 aliphatic heterocycles. The Bertz CT molecular complexity index is 549. The topological polar surface area (TPSA) is 104 Å². The normalized spacial score (nSPS) is 42.6. The third-order valence-corrected chi connectivity index (χ3v) is 6.22. The van der Waals surface area contributed by atoms with Crippen LogP contribution in [0.1, 0.15) is 38.5 Å². The highest BCUT2D eigenvalue weighted by Gasteiger charge is 2.58. The Morgan fingerprint density at radius 3 is 2.23 bits per heavy atom. The largest absolute Gasteiger partial charge is 0.418 e. The van der Waals surface area contributed by atoms with E-state index in [1.54, 1.807) is 0 Å². The molecule has 0 aromatic carbocycles. The van der Waals surface area contributed by atoms with Crippen LogP contribution in [0.4, 0.5) is 8.78 Å². The summed E-state index contributed by atoms with van der Waals surface area (Å²) in [7, 11) is -5.75. The summed E-state index contributed by atoms with van der Waals surface area (Å²) in [6.07, 6.45) is 1.34. The second-order valence-corrected chi connectivity index (χ2v) is 8.88. The minimum atomic E-state index is -5.75. The zero-order valence-electron chi connectivity index (χ0n) is 11.9. The maximum atomic E-state index is 13.3. The van der Waals surface area contributed by atoms with Crippen molar-refractivity contribution in [1.82, 2.24) is 0 Å². The van der Waals surface area contributed by atoms with E-state index in [4.69, 9.17) is 9.29 Å². The molecule has 3 N–H and O–H groups in total. The first-order chi connectivity index (χ1) is 9.95. The second-order valence-electron chi connectivity index (χ2n) is 7.39. The summed E-state index contributed by atoms with van der Waals surface area (Å²) in [6.45, 7) is -0.255. The van der Waals surface area contributed by atoms with Crippen molar-refractivity contribution in [2.24, 2.45) is 17.3 Å². The lowest BCUT2D eigenvalue weighted by atomic mass is 9.48. The Labute approximate surface area is 127 Å². The van der Waals surface area contributed by atoms with Gasteiger partial charge in [0.05, 0.1) is 12.2 Å². The summed E-state index contributed by atoms with van der Waals surface area (Å²) in [6, 6.07) is 0. The molecule has 0 spiro atoms. The lowest BCUT2D eigenvalue weighted by molar-refractivity contribution is -0.239. The number of hydrogen-bond acceptors (Lipinski definition) is 5. The van der Waals surface area contributed by atoms with Gasteiger partial charge in [-0.15, -0.1) is 0 Å². The van der Waals surface area contributed by atoms with Crippen LogP contribution in [0, 0.1) is 17.3 Å². The summed E-state index contributed by atoms with van der Waals surface area (Å²) in [5, 5.41) is 15.1. The van der Waals surface area contributed by atoms with Crippen LogP contribution in [-0.2, 0) is 14.9 Å². The fraction of sp³-hybridized carbons (Fsp3) is 1.00. The van der Waals surface area contributed by atoms with Gasteiger partial charge in [0.1, 0.15) is 0 Å². The smallest absolute Gasteiger partial charge is 0.390 e. The Hall–Kier alpha value is -0.350. The van der Waals surface area contributed by atoms with Crippen LogP contribution in [0.25, 0.3) is 0 Å². The monoisotopic (exact) mass is 342 g/mol. The van der Waals surface area contributed by atoms with Crippen LogP contribution in [-0.4, -0.2) is 46.9 Å². The maximum Gasteiger partial charge on any atom is 0.418 e. The zero-order chi connectivity index (χ0) is 16.4. The van der Waals surface area contributed by atoms with Crippen molar-refractivity contribution in [1.29, 1.82) is 0 Å². The van der Waals surface area contributed by atoms with Crippen molar-refractivity contribution in [3.63, 3.8) is 0 Å². The summed E-state index contributed by atoms with van der Waals surface area (Å²) in [4.78, 5) is 0. The number of alkyl halides is 2. The second kappa shape index (κ2) is 4.83. The molecule has 4 aliphatic rings. The van der Waals surface area contributed by atoms with E-state index in [1.807, 2.05) is 0 Å². The van der Waals surface area contributed by atoms with E-state index in [9.17, 15) is 27.4 Å². The van der Waals surface area contributed by atoms with E-state index in [0.29, 0.717) is 31.1 Å². The highest BCUT2D eigenvalue weighted by molar-refractivity contribution is 7.86.